The van der Waals surface area contributed by atoms with Gasteiger partial charge < -0.3 is 5.32 Å². The number of aliphatic imine (C=N–C) groups is 1. The third-order valence-corrected chi connectivity index (χ3v) is 5.14. The maximum absolute atomic E-state index is 10.6. The normalized spacial score (nSPS) is 17.3. The second kappa shape index (κ2) is 4.94. The molecule has 0 unspecified atom stereocenters. The third-order valence-electron chi connectivity index (χ3n) is 3.24. The van der Waals surface area contributed by atoms with Gasteiger partial charge in [-0.05, 0) is 11.5 Å². The minimum atomic E-state index is -3.00. The van der Waals surface area contributed by atoms with Crippen LogP contribution in [0.1, 0.15) is 0 Å². The Balaban J connectivity index is 2.15. The van der Waals surface area contributed by atoms with Gasteiger partial charge in [-0.1, -0.05) is 36.4 Å². The molecule has 2 aromatic rings. The van der Waals surface area contributed by atoms with Crippen LogP contribution in [0.3, 0.4) is 0 Å². The van der Waals surface area contributed by atoms with Gasteiger partial charge in [0.2, 0.25) is 0 Å². The minimum Gasteiger partial charge on any atom is -0.308 e. The average molecular weight is 276 g/mol. The molecule has 3 N–H and O–H groups in total. The fourth-order valence-electron chi connectivity index (χ4n) is 2.27. The summed E-state index contributed by atoms with van der Waals surface area (Å²) in [5.41, 5.74) is 0. The predicted molar refractivity (Wildman–Crippen MR) is 80.2 cm³/mol. The van der Waals surface area contributed by atoms with E-state index in [2.05, 4.69) is 10.3 Å². The monoisotopic (exact) mass is 276 g/mol. The number of fused-ring (bicyclic) bond motifs is 1. The standard InChI is InChI=1S/C14H16N2O2S/c17-19(18,14-10-15-8-9-16-14)13-7-3-5-11-4-1-2-6-12(11)13/h1-7,15,17-18H,8-10H2. The van der Waals surface area contributed by atoms with Crippen LogP contribution in [0, 0.1) is 0 Å². The molecule has 0 radical (unpaired) electrons. The van der Waals surface area contributed by atoms with Crippen LogP contribution in [-0.2, 0) is 0 Å². The van der Waals surface area contributed by atoms with Crippen molar-refractivity contribution < 1.29 is 9.11 Å². The highest BCUT2D eigenvalue weighted by atomic mass is 32.3. The van der Waals surface area contributed by atoms with E-state index >= 15 is 0 Å². The SMILES string of the molecule is OS(O)(C1=NCCNC1)c1cccc2ccccc12. The maximum atomic E-state index is 10.6. The number of rotatable bonds is 1. The van der Waals surface area contributed by atoms with Crippen LogP contribution in [0.2, 0.25) is 0 Å². The lowest BCUT2D eigenvalue weighted by atomic mass is 10.1. The average Bonchev–Trinajstić information content (AvgIpc) is 2.47. The molecule has 100 valence electrons. The van der Waals surface area contributed by atoms with Gasteiger partial charge in [0.1, 0.15) is 5.04 Å². The Hall–Kier alpha value is -1.40. The van der Waals surface area contributed by atoms with E-state index in [1.54, 1.807) is 6.07 Å². The molecule has 3 rings (SSSR count). The van der Waals surface area contributed by atoms with Crippen molar-refractivity contribution in [3.05, 3.63) is 42.5 Å². The first kappa shape index (κ1) is 12.6. The molecular weight excluding hydrogens is 260 g/mol. The van der Waals surface area contributed by atoms with Crippen molar-refractivity contribution in [1.82, 2.24) is 5.32 Å². The van der Waals surface area contributed by atoms with Crippen molar-refractivity contribution >= 4 is 26.4 Å². The maximum Gasteiger partial charge on any atom is 0.137 e. The Morgan fingerprint density at radius 3 is 2.63 bits per heavy atom. The molecule has 1 aliphatic rings. The van der Waals surface area contributed by atoms with E-state index in [4.69, 9.17) is 0 Å². The van der Waals surface area contributed by atoms with Crippen LogP contribution >= 0.6 is 10.6 Å². The molecule has 4 nitrogen and oxygen atoms in total. The number of benzene rings is 2. The summed E-state index contributed by atoms with van der Waals surface area (Å²) in [6.45, 7) is 1.82. The van der Waals surface area contributed by atoms with Crippen molar-refractivity contribution in [2.45, 2.75) is 4.90 Å². The largest absolute Gasteiger partial charge is 0.308 e. The van der Waals surface area contributed by atoms with E-state index in [9.17, 15) is 9.11 Å². The molecule has 2 aromatic carbocycles. The van der Waals surface area contributed by atoms with Crippen molar-refractivity contribution in [2.75, 3.05) is 19.6 Å². The summed E-state index contributed by atoms with van der Waals surface area (Å²) in [6.07, 6.45) is 0. The highest BCUT2D eigenvalue weighted by molar-refractivity contribution is 8.37. The van der Waals surface area contributed by atoms with E-state index < -0.39 is 10.6 Å². The molecule has 0 spiro atoms. The van der Waals surface area contributed by atoms with E-state index in [0.29, 0.717) is 23.0 Å². The zero-order valence-corrected chi connectivity index (χ0v) is 11.2. The van der Waals surface area contributed by atoms with Crippen molar-refractivity contribution in [3.8, 4) is 0 Å². The van der Waals surface area contributed by atoms with Gasteiger partial charge in [0.25, 0.3) is 0 Å². The molecule has 0 fully saturated rings. The Labute approximate surface area is 113 Å². The molecule has 0 saturated carbocycles. The van der Waals surface area contributed by atoms with Crippen molar-refractivity contribution in [2.24, 2.45) is 4.99 Å². The first-order chi connectivity index (χ1) is 9.19. The number of hydrogen-bond donors (Lipinski definition) is 3. The molecule has 1 aliphatic heterocycles. The summed E-state index contributed by atoms with van der Waals surface area (Å²) in [6, 6.07) is 13.3. The van der Waals surface area contributed by atoms with Gasteiger partial charge in [0, 0.05) is 11.9 Å². The zero-order chi connectivity index (χ0) is 13.3. The molecule has 0 aliphatic carbocycles. The topological polar surface area (TPSA) is 64.8 Å². The molecule has 0 bridgehead atoms. The number of nitrogens with zero attached hydrogens (tertiary/aromatic N) is 1. The summed E-state index contributed by atoms with van der Waals surface area (Å²) >= 11 is 0. The smallest absolute Gasteiger partial charge is 0.137 e. The molecule has 0 atom stereocenters. The summed E-state index contributed by atoms with van der Waals surface area (Å²) in [4.78, 5) is 4.84. The van der Waals surface area contributed by atoms with Crippen LogP contribution in [0.4, 0.5) is 0 Å². The molecule has 19 heavy (non-hydrogen) atoms. The first-order valence-corrected chi connectivity index (χ1v) is 7.74. The summed E-state index contributed by atoms with van der Waals surface area (Å²) in [5, 5.41) is 5.46. The first-order valence-electron chi connectivity index (χ1n) is 6.20. The van der Waals surface area contributed by atoms with Crippen LogP contribution in [-0.4, -0.2) is 33.8 Å². The van der Waals surface area contributed by atoms with Crippen LogP contribution < -0.4 is 5.32 Å². The third kappa shape index (κ3) is 2.26. The molecule has 0 amide bonds. The zero-order valence-electron chi connectivity index (χ0n) is 10.4. The molecule has 0 aromatic heterocycles. The van der Waals surface area contributed by atoms with E-state index in [1.807, 2.05) is 36.4 Å². The lowest BCUT2D eigenvalue weighted by Gasteiger charge is -2.35. The fourth-order valence-corrected chi connectivity index (χ4v) is 3.86. The Bertz CT molecular complexity index is 635. The molecule has 5 heteroatoms. The Morgan fingerprint density at radius 1 is 1.05 bits per heavy atom. The lowest BCUT2D eigenvalue weighted by Crippen LogP contribution is -2.33. The van der Waals surface area contributed by atoms with Gasteiger partial charge in [0.05, 0.1) is 18.0 Å². The number of nitrogens with one attached hydrogen (secondary N) is 1. The van der Waals surface area contributed by atoms with Gasteiger partial charge >= 0.3 is 0 Å². The van der Waals surface area contributed by atoms with E-state index in [1.165, 1.54) is 0 Å². The summed E-state index contributed by atoms with van der Waals surface area (Å²) < 4.78 is 21.2. The summed E-state index contributed by atoms with van der Waals surface area (Å²) in [7, 11) is -3.00. The molecular formula is C14H16N2O2S. The summed E-state index contributed by atoms with van der Waals surface area (Å²) in [5.74, 6) is 0. The van der Waals surface area contributed by atoms with Crippen LogP contribution in [0.5, 0.6) is 0 Å². The second-order valence-electron chi connectivity index (χ2n) is 4.48. The highest BCUT2D eigenvalue weighted by Crippen LogP contribution is 2.52. The predicted octanol–water partition coefficient (Wildman–Crippen LogP) is 2.95. The quantitative estimate of drug-likeness (QED) is 0.750. The van der Waals surface area contributed by atoms with Gasteiger partial charge in [-0.3, -0.25) is 14.1 Å². The van der Waals surface area contributed by atoms with Gasteiger partial charge in [-0.2, -0.15) is 0 Å². The highest BCUT2D eigenvalue weighted by Gasteiger charge is 2.25. The lowest BCUT2D eigenvalue weighted by molar-refractivity contribution is 0.502. The van der Waals surface area contributed by atoms with Crippen molar-refractivity contribution in [1.29, 1.82) is 0 Å². The number of hydrogen-bond acceptors (Lipinski definition) is 4. The van der Waals surface area contributed by atoms with Crippen LogP contribution in [0.25, 0.3) is 10.8 Å². The fraction of sp³-hybridized carbons (Fsp3) is 0.214. The molecule has 0 saturated heterocycles. The van der Waals surface area contributed by atoms with Crippen LogP contribution in [0.15, 0.2) is 52.4 Å². The van der Waals surface area contributed by atoms with Gasteiger partial charge in [-0.15, -0.1) is 10.6 Å². The van der Waals surface area contributed by atoms with Crippen molar-refractivity contribution in [3.63, 3.8) is 0 Å². The van der Waals surface area contributed by atoms with Gasteiger partial charge in [-0.25, -0.2) is 0 Å². The van der Waals surface area contributed by atoms with E-state index in [0.717, 1.165) is 17.3 Å². The Kier molecular flexibility index (Phi) is 3.28. The minimum absolute atomic E-state index is 0.436. The van der Waals surface area contributed by atoms with E-state index in [-0.39, 0.29) is 0 Å². The molecule has 1 heterocycles. The Morgan fingerprint density at radius 2 is 1.84 bits per heavy atom. The second-order valence-corrected chi connectivity index (χ2v) is 6.49. The van der Waals surface area contributed by atoms with Gasteiger partial charge in [0.15, 0.2) is 0 Å².